The Bertz CT molecular complexity index is 535. The molecule has 0 aliphatic heterocycles. The van der Waals surface area contributed by atoms with Crippen molar-refractivity contribution >= 4 is 11.9 Å². The maximum Gasteiger partial charge on any atom is 0.307 e. The van der Waals surface area contributed by atoms with Crippen LogP contribution in [0.25, 0.3) is 0 Å². The molecule has 6 nitrogen and oxygen atoms in total. The fourth-order valence-corrected chi connectivity index (χ4v) is 2.46. The van der Waals surface area contributed by atoms with Gasteiger partial charge in [0.15, 0.2) is 0 Å². The number of aryl methyl sites for hydroxylation is 1. The van der Waals surface area contributed by atoms with Crippen LogP contribution in [0.2, 0.25) is 0 Å². The summed E-state index contributed by atoms with van der Waals surface area (Å²) in [5, 5.41) is 13.0. The minimum Gasteiger partial charge on any atom is -0.481 e. The fraction of sp³-hybridized carbons (Fsp3) is 0.500. The summed E-state index contributed by atoms with van der Waals surface area (Å²) in [7, 11) is 1.66. The molecule has 1 aromatic rings. The minimum atomic E-state index is -0.918. The summed E-state index contributed by atoms with van der Waals surface area (Å²) in [6.45, 7) is 2.10. The molecular weight excluding hydrogens is 260 g/mol. The molecule has 20 heavy (non-hydrogen) atoms. The van der Waals surface area contributed by atoms with Gasteiger partial charge < -0.3 is 14.5 Å². The summed E-state index contributed by atoms with van der Waals surface area (Å²) in [6, 6.07) is 1.76. The number of aromatic nitrogens is 1. The molecule has 6 heteroatoms. The number of hydrogen-bond acceptors (Lipinski definition) is 4. The molecule has 0 saturated carbocycles. The minimum absolute atomic E-state index is 0.164. The summed E-state index contributed by atoms with van der Waals surface area (Å²) >= 11 is 0. The van der Waals surface area contributed by atoms with Crippen LogP contribution in [0.5, 0.6) is 0 Å². The summed E-state index contributed by atoms with van der Waals surface area (Å²) < 4.78 is 4.96. The van der Waals surface area contributed by atoms with Gasteiger partial charge in [-0.1, -0.05) is 17.3 Å². The van der Waals surface area contributed by atoms with Gasteiger partial charge in [-0.15, -0.1) is 0 Å². The van der Waals surface area contributed by atoms with Crippen molar-refractivity contribution in [1.82, 2.24) is 10.1 Å². The van der Waals surface area contributed by atoms with E-state index in [-0.39, 0.29) is 5.91 Å². The van der Waals surface area contributed by atoms with E-state index in [2.05, 4.69) is 5.16 Å². The Morgan fingerprint density at radius 3 is 2.60 bits per heavy atom. The van der Waals surface area contributed by atoms with Gasteiger partial charge in [0, 0.05) is 13.1 Å². The van der Waals surface area contributed by atoms with E-state index < -0.39 is 17.8 Å². The van der Waals surface area contributed by atoms with Crippen molar-refractivity contribution in [2.45, 2.75) is 26.3 Å². The molecule has 1 aromatic heterocycles. The first-order valence-corrected chi connectivity index (χ1v) is 6.54. The first-order valence-electron chi connectivity index (χ1n) is 6.54. The summed E-state index contributed by atoms with van der Waals surface area (Å²) in [6.07, 6.45) is 4.57. The zero-order chi connectivity index (χ0) is 14.7. The van der Waals surface area contributed by atoms with E-state index in [1.165, 1.54) is 4.90 Å². The molecule has 2 atom stereocenters. The van der Waals surface area contributed by atoms with Crippen LogP contribution < -0.4 is 0 Å². The molecule has 108 valence electrons. The molecule has 1 aliphatic carbocycles. The predicted octanol–water partition coefficient (Wildman–Crippen LogP) is 1.61. The Hall–Kier alpha value is -2.11. The second-order valence-electron chi connectivity index (χ2n) is 5.12. The third kappa shape index (κ3) is 3.07. The first-order chi connectivity index (χ1) is 9.49. The lowest BCUT2D eigenvalue weighted by molar-refractivity contribution is -0.150. The summed E-state index contributed by atoms with van der Waals surface area (Å²) in [5.74, 6) is -1.55. The normalized spacial score (nSPS) is 21.7. The highest BCUT2D eigenvalue weighted by molar-refractivity contribution is 5.85. The average Bonchev–Trinajstić information content (AvgIpc) is 2.83. The van der Waals surface area contributed by atoms with Gasteiger partial charge in [-0.25, -0.2) is 0 Å². The van der Waals surface area contributed by atoms with Crippen LogP contribution in [-0.4, -0.2) is 34.1 Å². The molecular formula is C14H18N2O4. The predicted molar refractivity (Wildman–Crippen MR) is 70.7 cm³/mol. The second-order valence-corrected chi connectivity index (χ2v) is 5.12. The maximum absolute atomic E-state index is 12.4. The zero-order valence-electron chi connectivity index (χ0n) is 11.6. The van der Waals surface area contributed by atoms with Crippen molar-refractivity contribution in [3.63, 3.8) is 0 Å². The Balaban J connectivity index is 2.05. The van der Waals surface area contributed by atoms with Crippen LogP contribution in [0, 0.1) is 18.8 Å². The third-order valence-electron chi connectivity index (χ3n) is 3.52. The third-order valence-corrected chi connectivity index (χ3v) is 3.52. The van der Waals surface area contributed by atoms with Crippen LogP contribution >= 0.6 is 0 Å². The first kappa shape index (κ1) is 14.3. The van der Waals surface area contributed by atoms with Gasteiger partial charge in [0.25, 0.3) is 0 Å². The quantitative estimate of drug-likeness (QED) is 0.846. The van der Waals surface area contributed by atoms with Crippen LogP contribution in [0.15, 0.2) is 22.7 Å². The second kappa shape index (κ2) is 5.90. The SMILES string of the molecule is Cc1cc(CN(C)C(=O)[C@@H]2CC=CC[C@@H]2C(=O)O)no1. The van der Waals surface area contributed by atoms with Crippen molar-refractivity contribution < 1.29 is 19.2 Å². The van der Waals surface area contributed by atoms with E-state index in [9.17, 15) is 14.7 Å². The van der Waals surface area contributed by atoms with Gasteiger partial charge in [0.1, 0.15) is 11.5 Å². The van der Waals surface area contributed by atoms with Crippen LogP contribution in [-0.2, 0) is 16.1 Å². The number of nitrogens with zero attached hydrogens (tertiary/aromatic N) is 2. The number of rotatable bonds is 4. The van der Waals surface area contributed by atoms with E-state index >= 15 is 0 Å². The van der Waals surface area contributed by atoms with E-state index in [1.54, 1.807) is 20.0 Å². The Labute approximate surface area is 117 Å². The number of carboxylic acids is 1. The number of amides is 1. The van der Waals surface area contributed by atoms with E-state index in [0.717, 1.165) is 0 Å². The number of allylic oxidation sites excluding steroid dienone is 2. The van der Waals surface area contributed by atoms with Crippen LogP contribution in [0.1, 0.15) is 24.3 Å². The molecule has 1 N–H and O–H groups in total. The van der Waals surface area contributed by atoms with E-state index in [0.29, 0.717) is 30.8 Å². The fourth-order valence-electron chi connectivity index (χ4n) is 2.46. The molecule has 0 spiro atoms. The molecule has 1 amide bonds. The molecule has 0 saturated heterocycles. The van der Waals surface area contributed by atoms with Gasteiger partial charge in [0.2, 0.25) is 5.91 Å². The lowest BCUT2D eigenvalue weighted by atomic mass is 9.82. The Morgan fingerprint density at radius 1 is 1.40 bits per heavy atom. The van der Waals surface area contributed by atoms with Crippen molar-refractivity contribution in [1.29, 1.82) is 0 Å². The van der Waals surface area contributed by atoms with Crippen molar-refractivity contribution in [2.75, 3.05) is 7.05 Å². The lowest BCUT2D eigenvalue weighted by Gasteiger charge is -2.28. The van der Waals surface area contributed by atoms with Crippen molar-refractivity contribution in [2.24, 2.45) is 11.8 Å². The number of aliphatic carboxylic acids is 1. The highest BCUT2D eigenvalue weighted by atomic mass is 16.5. The zero-order valence-corrected chi connectivity index (χ0v) is 11.6. The van der Waals surface area contributed by atoms with E-state index in [1.807, 2.05) is 12.2 Å². The standard InChI is InChI=1S/C14H18N2O4/c1-9-7-10(15-20-9)8-16(2)13(17)11-5-3-4-6-12(11)14(18)19/h3-4,7,11-12H,5-6,8H2,1-2H3,(H,18,19)/t11-,12+/m1/s1. The van der Waals surface area contributed by atoms with Gasteiger partial charge in [-0.3, -0.25) is 9.59 Å². The number of hydrogen-bond donors (Lipinski definition) is 1. The topological polar surface area (TPSA) is 83.6 Å². The molecule has 0 unspecified atom stereocenters. The van der Waals surface area contributed by atoms with Gasteiger partial charge in [0.05, 0.1) is 18.4 Å². The van der Waals surface area contributed by atoms with Gasteiger partial charge in [-0.05, 0) is 19.8 Å². The molecule has 0 bridgehead atoms. The average molecular weight is 278 g/mol. The van der Waals surface area contributed by atoms with Crippen LogP contribution in [0.4, 0.5) is 0 Å². The maximum atomic E-state index is 12.4. The smallest absolute Gasteiger partial charge is 0.307 e. The van der Waals surface area contributed by atoms with Gasteiger partial charge >= 0.3 is 5.97 Å². The monoisotopic (exact) mass is 278 g/mol. The van der Waals surface area contributed by atoms with Crippen molar-refractivity contribution in [3.05, 3.63) is 29.7 Å². The Kier molecular flexibility index (Phi) is 4.22. The highest BCUT2D eigenvalue weighted by Crippen LogP contribution is 2.27. The van der Waals surface area contributed by atoms with Crippen LogP contribution in [0.3, 0.4) is 0 Å². The van der Waals surface area contributed by atoms with Gasteiger partial charge in [-0.2, -0.15) is 0 Å². The molecule has 1 heterocycles. The summed E-state index contributed by atoms with van der Waals surface area (Å²) in [5.41, 5.74) is 0.663. The summed E-state index contributed by atoms with van der Waals surface area (Å²) in [4.78, 5) is 25.1. The molecule has 0 fully saturated rings. The highest BCUT2D eigenvalue weighted by Gasteiger charge is 2.35. The largest absolute Gasteiger partial charge is 0.481 e. The number of carbonyl (C=O) groups is 2. The molecule has 0 radical (unpaired) electrons. The number of carboxylic acid groups (broad SMARTS) is 1. The Morgan fingerprint density at radius 2 is 2.05 bits per heavy atom. The van der Waals surface area contributed by atoms with Crippen molar-refractivity contribution in [3.8, 4) is 0 Å². The molecule has 1 aliphatic rings. The molecule has 2 rings (SSSR count). The number of carbonyl (C=O) groups excluding carboxylic acids is 1. The molecule has 0 aromatic carbocycles. The van der Waals surface area contributed by atoms with E-state index in [4.69, 9.17) is 4.52 Å². The lowest BCUT2D eigenvalue weighted by Crippen LogP contribution is -2.39.